The van der Waals surface area contributed by atoms with Gasteiger partial charge < -0.3 is 19.7 Å². The molecule has 1 aromatic rings. The fourth-order valence-corrected chi connectivity index (χ4v) is 2.69. The van der Waals surface area contributed by atoms with Gasteiger partial charge >= 0.3 is 0 Å². The van der Waals surface area contributed by atoms with E-state index < -0.39 is 0 Å². The fourth-order valence-electron chi connectivity index (χ4n) is 2.69. The third-order valence-electron chi connectivity index (χ3n) is 3.73. The highest BCUT2D eigenvalue weighted by Crippen LogP contribution is 2.30. The molecule has 0 bridgehead atoms. The monoisotopic (exact) mass is 262 g/mol. The molecule has 0 aliphatic carbocycles. The summed E-state index contributed by atoms with van der Waals surface area (Å²) in [5.41, 5.74) is 1.22. The molecule has 2 saturated heterocycles. The maximum Gasteiger partial charge on any atom is 0.143 e. The Labute approximate surface area is 114 Å². The van der Waals surface area contributed by atoms with Crippen molar-refractivity contribution in [2.24, 2.45) is 0 Å². The molecule has 19 heavy (non-hydrogen) atoms. The molecule has 0 spiro atoms. The molecular weight excluding hydrogens is 240 g/mol. The Morgan fingerprint density at radius 2 is 2.16 bits per heavy atom. The zero-order valence-electron chi connectivity index (χ0n) is 11.3. The second-order valence-electron chi connectivity index (χ2n) is 5.16. The number of rotatable bonds is 3. The van der Waals surface area contributed by atoms with Gasteiger partial charge in [-0.05, 0) is 25.1 Å². The summed E-state index contributed by atoms with van der Waals surface area (Å²) in [5.74, 6) is 1.000. The number of ether oxygens (including phenoxy) is 2. The van der Waals surface area contributed by atoms with E-state index in [-0.39, 0.29) is 6.10 Å². The van der Waals surface area contributed by atoms with Gasteiger partial charge in [-0.15, -0.1) is 0 Å². The normalized spacial score (nSPS) is 24.2. The van der Waals surface area contributed by atoms with Gasteiger partial charge in [0.05, 0.1) is 18.9 Å². The van der Waals surface area contributed by atoms with Crippen LogP contribution in [0.25, 0.3) is 0 Å². The Kier molecular flexibility index (Phi) is 4.20. The van der Waals surface area contributed by atoms with E-state index >= 15 is 0 Å². The number of hydrogen-bond acceptors (Lipinski definition) is 4. The first-order valence-corrected chi connectivity index (χ1v) is 7.22. The van der Waals surface area contributed by atoms with Crippen LogP contribution in [0.2, 0.25) is 0 Å². The van der Waals surface area contributed by atoms with E-state index in [0.29, 0.717) is 0 Å². The molecule has 2 aliphatic heterocycles. The number of anilines is 1. The van der Waals surface area contributed by atoms with Gasteiger partial charge in [-0.3, -0.25) is 0 Å². The fraction of sp³-hybridized carbons (Fsp3) is 0.600. The smallest absolute Gasteiger partial charge is 0.143 e. The van der Waals surface area contributed by atoms with Crippen LogP contribution >= 0.6 is 0 Å². The predicted octanol–water partition coefficient (Wildman–Crippen LogP) is 1.65. The summed E-state index contributed by atoms with van der Waals surface area (Å²) in [4.78, 5) is 2.42. The SMILES string of the molecule is c1ccc(N2CCCNCC2)c(OC2CCOC2)c1. The van der Waals surface area contributed by atoms with Crippen molar-refractivity contribution >= 4 is 5.69 Å². The number of hydrogen-bond donors (Lipinski definition) is 1. The van der Waals surface area contributed by atoms with E-state index in [1.165, 1.54) is 12.1 Å². The summed E-state index contributed by atoms with van der Waals surface area (Å²) in [6.45, 7) is 5.82. The topological polar surface area (TPSA) is 33.7 Å². The Balaban J connectivity index is 1.75. The van der Waals surface area contributed by atoms with E-state index in [0.717, 1.165) is 51.6 Å². The van der Waals surface area contributed by atoms with Crippen LogP contribution in [0.15, 0.2) is 24.3 Å². The summed E-state index contributed by atoms with van der Waals surface area (Å²) < 4.78 is 11.5. The largest absolute Gasteiger partial charge is 0.486 e. The van der Waals surface area contributed by atoms with Crippen LogP contribution in [0.3, 0.4) is 0 Å². The summed E-state index contributed by atoms with van der Waals surface area (Å²) in [6, 6.07) is 8.37. The van der Waals surface area contributed by atoms with Crippen LogP contribution in [-0.4, -0.2) is 45.5 Å². The van der Waals surface area contributed by atoms with Crippen LogP contribution in [0.1, 0.15) is 12.8 Å². The van der Waals surface area contributed by atoms with Crippen LogP contribution < -0.4 is 15.0 Å². The zero-order valence-corrected chi connectivity index (χ0v) is 11.3. The average molecular weight is 262 g/mol. The Morgan fingerprint density at radius 1 is 1.21 bits per heavy atom. The first-order valence-electron chi connectivity index (χ1n) is 7.22. The van der Waals surface area contributed by atoms with Crippen molar-refractivity contribution in [1.82, 2.24) is 5.32 Å². The third kappa shape index (κ3) is 3.19. The lowest BCUT2D eigenvalue weighted by molar-refractivity contribution is 0.141. The van der Waals surface area contributed by atoms with Crippen molar-refractivity contribution in [3.8, 4) is 5.75 Å². The molecule has 0 saturated carbocycles. The maximum atomic E-state index is 6.11. The molecule has 4 nitrogen and oxygen atoms in total. The van der Waals surface area contributed by atoms with Crippen molar-refractivity contribution < 1.29 is 9.47 Å². The van der Waals surface area contributed by atoms with Crippen LogP contribution in [0, 0.1) is 0 Å². The van der Waals surface area contributed by atoms with Crippen LogP contribution in [0.5, 0.6) is 5.75 Å². The number of para-hydroxylation sites is 2. The highest BCUT2D eigenvalue weighted by Gasteiger charge is 2.20. The molecule has 3 rings (SSSR count). The van der Waals surface area contributed by atoms with Gasteiger partial charge in [-0.2, -0.15) is 0 Å². The highest BCUT2D eigenvalue weighted by atomic mass is 16.5. The molecule has 4 heteroatoms. The zero-order chi connectivity index (χ0) is 12.9. The van der Waals surface area contributed by atoms with Crippen molar-refractivity contribution in [3.05, 3.63) is 24.3 Å². The van der Waals surface area contributed by atoms with Gasteiger partial charge in [0.2, 0.25) is 0 Å². The quantitative estimate of drug-likeness (QED) is 0.898. The molecule has 104 valence electrons. The molecule has 2 fully saturated rings. The summed E-state index contributed by atoms with van der Waals surface area (Å²) in [7, 11) is 0. The Hall–Kier alpha value is -1.26. The van der Waals surface area contributed by atoms with Gasteiger partial charge in [0.25, 0.3) is 0 Å². The van der Waals surface area contributed by atoms with Crippen molar-refractivity contribution in [2.45, 2.75) is 18.9 Å². The van der Waals surface area contributed by atoms with E-state index in [1.807, 2.05) is 6.07 Å². The third-order valence-corrected chi connectivity index (χ3v) is 3.73. The summed E-state index contributed by atoms with van der Waals surface area (Å²) in [6.07, 6.45) is 2.39. The number of benzene rings is 1. The van der Waals surface area contributed by atoms with Gasteiger partial charge in [0, 0.05) is 26.1 Å². The second-order valence-corrected chi connectivity index (χ2v) is 5.16. The van der Waals surface area contributed by atoms with Crippen LogP contribution in [0.4, 0.5) is 5.69 Å². The lowest BCUT2D eigenvalue weighted by Gasteiger charge is -2.26. The molecule has 0 amide bonds. The molecule has 1 aromatic carbocycles. The lowest BCUT2D eigenvalue weighted by Crippen LogP contribution is -2.28. The minimum atomic E-state index is 0.214. The highest BCUT2D eigenvalue weighted by molar-refractivity contribution is 5.58. The molecule has 1 atom stereocenters. The van der Waals surface area contributed by atoms with Gasteiger partial charge in [-0.25, -0.2) is 0 Å². The number of nitrogens with one attached hydrogen (secondary N) is 1. The maximum absolute atomic E-state index is 6.11. The minimum Gasteiger partial charge on any atom is -0.486 e. The molecule has 1 N–H and O–H groups in total. The summed E-state index contributed by atoms with van der Waals surface area (Å²) in [5, 5.41) is 3.44. The van der Waals surface area contributed by atoms with Crippen molar-refractivity contribution in [2.75, 3.05) is 44.3 Å². The van der Waals surface area contributed by atoms with E-state index in [2.05, 4.69) is 28.4 Å². The van der Waals surface area contributed by atoms with Crippen molar-refractivity contribution in [3.63, 3.8) is 0 Å². The molecule has 2 heterocycles. The molecule has 0 aromatic heterocycles. The van der Waals surface area contributed by atoms with Crippen LogP contribution in [-0.2, 0) is 4.74 Å². The summed E-state index contributed by atoms with van der Waals surface area (Å²) >= 11 is 0. The second kappa shape index (κ2) is 6.26. The van der Waals surface area contributed by atoms with Gasteiger partial charge in [0.1, 0.15) is 11.9 Å². The predicted molar refractivity (Wildman–Crippen MR) is 76.0 cm³/mol. The first kappa shape index (κ1) is 12.8. The van der Waals surface area contributed by atoms with Gasteiger partial charge in [-0.1, -0.05) is 12.1 Å². The first-order chi connectivity index (χ1) is 9.43. The van der Waals surface area contributed by atoms with E-state index in [4.69, 9.17) is 9.47 Å². The molecule has 1 unspecified atom stereocenters. The van der Waals surface area contributed by atoms with Crippen molar-refractivity contribution in [1.29, 1.82) is 0 Å². The number of nitrogens with zero attached hydrogens (tertiary/aromatic N) is 1. The Bertz CT molecular complexity index is 397. The standard InChI is InChI=1S/C15H22N2O2/c1-2-5-15(19-13-6-11-18-12-13)14(4-1)17-9-3-7-16-8-10-17/h1-2,4-5,13,16H,3,6-12H2. The van der Waals surface area contributed by atoms with E-state index in [9.17, 15) is 0 Å². The average Bonchev–Trinajstić information content (AvgIpc) is 2.80. The Morgan fingerprint density at radius 3 is 3.05 bits per heavy atom. The minimum absolute atomic E-state index is 0.214. The lowest BCUT2D eigenvalue weighted by atomic mass is 10.2. The molecular formula is C15H22N2O2. The molecule has 0 radical (unpaired) electrons. The van der Waals surface area contributed by atoms with Gasteiger partial charge in [0.15, 0.2) is 0 Å². The molecule has 2 aliphatic rings. The van der Waals surface area contributed by atoms with E-state index in [1.54, 1.807) is 0 Å².